The molecule has 78 valence electrons. The minimum absolute atomic E-state index is 1.01. The normalized spacial score (nSPS) is 22.1. The maximum absolute atomic E-state index is 5.69. The fourth-order valence-corrected chi connectivity index (χ4v) is 8.10. The van der Waals surface area contributed by atoms with Gasteiger partial charge in [0.05, 0.1) is 0 Å². The Morgan fingerprint density at radius 1 is 0.800 bits per heavy atom. The Bertz CT molecular complexity index is 413. The summed E-state index contributed by atoms with van der Waals surface area (Å²) in [6.07, 6.45) is 10.5. The van der Waals surface area contributed by atoms with Gasteiger partial charge >= 0.3 is 97.9 Å². The molecule has 2 aliphatic rings. The van der Waals surface area contributed by atoms with E-state index in [1.807, 2.05) is 6.26 Å². The molecule has 0 spiro atoms. The predicted octanol–water partition coefficient (Wildman–Crippen LogP) is 0.557. The number of hydrogen-bond acceptors (Lipinski definition) is 1. The molecule has 3 heteroatoms. The Balaban J connectivity index is 1.87. The topological polar surface area (TPSA) is 13.1 Å². The molecule has 3 heterocycles. The van der Waals surface area contributed by atoms with E-state index < -0.39 is 27.8 Å². The van der Waals surface area contributed by atoms with Gasteiger partial charge in [-0.05, 0) is 0 Å². The van der Waals surface area contributed by atoms with E-state index in [0.717, 1.165) is 0 Å². The molecule has 0 aromatic carbocycles. The van der Waals surface area contributed by atoms with Gasteiger partial charge in [-0.1, -0.05) is 0 Å². The molecular weight excluding hydrogens is 318 g/mol. The summed E-state index contributed by atoms with van der Waals surface area (Å²) in [4.78, 5) is 9.28. The first-order valence-corrected chi connectivity index (χ1v) is 11.0. The third-order valence-electron chi connectivity index (χ3n) is 2.33. The molecule has 2 aliphatic heterocycles. The van der Waals surface area contributed by atoms with Gasteiger partial charge in [-0.3, -0.25) is 0 Å². The summed E-state index contributed by atoms with van der Waals surface area (Å²) >= 11 is -2.09. The maximum atomic E-state index is 5.69. The van der Waals surface area contributed by atoms with E-state index in [1.165, 1.54) is 9.12 Å². The molecule has 0 saturated heterocycles. The number of hydrogen-bond donors (Lipinski definition) is 0. The van der Waals surface area contributed by atoms with Crippen molar-refractivity contribution in [1.82, 2.24) is 0 Å². The predicted molar refractivity (Wildman–Crippen MR) is 68.8 cm³/mol. The first-order chi connectivity index (χ1) is 7.43. The molecular formula is C12H12OSe2. The van der Waals surface area contributed by atoms with Gasteiger partial charge in [-0.15, -0.1) is 0 Å². The number of rotatable bonds is 2. The van der Waals surface area contributed by atoms with Crippen LogP contribution < -0.4 is 9.12 Å². The van der Waals surface area contributed by atoms with Crippen LogP contribution in [0.4, 0.5) is 0 Å². The molecule has 1 nitrogen and oxygen atoms in total. The molecule has 0 atom stereocenters. The summed E-state index contributed by atoms with van der Waals surface area (Å²) in [5, 5.41) is 0. The summed E-state index contributed by atoms with van der Waals surface area (Å²) in [5.41, 5.74) is 0. The van der Waals surface area contributed by atoms with Crippen molar-refractivity contribution in [3.8, 4) is 0 Å². The van der Waals surface area contributed by atoms with Crippen molar-refractivity contribution < 1.29 is 4.42 Å². The van der Waals surface area contributed by atoms with E-state index >= 15 is 0 Å². The van der Waals surface area contributed by atoms with Crippen molar-refractivity contribution in [2.24, 2.45) is 0 Å². The Hall–Kier alpha value is -0.721. The van der Waals surface area contributed by atoms with Crippen molar-refractivity contribution in [3.63, 3.8) is 0 Å². The van der Waals surface area contributed by atoms with Gasteiger partial charge in [0.15, 0.2) is 0 Å². The third-order valence-corrected chi connectivity index (χ3v) is 9.78. The molecule has 1 aromatic heterocycles. The van der Waals surface area contributed by atoms with E-state index in [9.17, 15) is 0 Å². The Kier molecular flexibility index (Phi) is 2.55. The molecule has 0 saturated carbocycles. The molecule has 1 aromatic rings. The Labute approximate surface area is 97.6 Å². The van der Waals surface area contributed by atoms with E-state index in [1.54, 1.807) is 0 Å². The second kappa shape index (κ2) is 4.03. The van der Waals surface area contributed by atoms with Crippen LogP contribution in [-0.4, -0.2) is 27.8 Å². The first-order valence-electron chi connectivity index (χ1n) is 4.79. The van der Waals surface area contributed by atoms with Crippen molar-refractivity contribution >= 4 is 36.9 Å². The van der Waals surface area contributed by atoms with Gasteiger partial charge in [0.25, 0.3) is 0 Å². The van der Waals surface area contributed by atoms with Crippen molar-refractivity contribution in [3.05, 3.63) is 56.5 Å². The fourth-order valence-electron chi connectivity index (χ4n) is 1.57. The second-order valence-electron chi connectivity index (χ2n) is 3.32. The van der Waals surface area contributed by atoms with Crippen LogP contribution in [0.5, 0.6) is 0 Å². The molecule has 0 radical (unpaired) electrons. The summed E-state index contributed by atoms with van der Waals surface area (Å²) in [5.74, 6) is 0. The van der Waals surface area contributed by atoms with Gasteiger partial charge in [-0.25, -0.2) is 0 Å². The molecule has 0 aliphatic carbocycles. The standard InChI is InChI=1S/C12H12OSe2/c1-2-6-14(5-1)11-9-12(13-10-11)15-7-3-4-8-15/h1-10,14-15H. The summed E-state index contributed by atoms with van der Waals surface area (Å²) in [6, 6.07) is 2.28. The molecule has 0 bridgehead atoms. The SMILES string of the molecule is C1=C[SeH](c2coc([SeH]3C=CC=C3)c2)C=C1. The van der Waals surface area contributed by atoms with Gasteiger partial charge in [0, 0.05) is 0 Å². The average molecular weight is 330 g/mol. The van der Waals surface area contributed by atoms with E-state index in [2.05, 4.69) is 50.3 Å². The second-order valence-corrected chi connectivity index (χ2v) is 11.3. The quantitative estimate of drug-likeness (QED) is 0.723. The number of allylic oxidation sites excluding steroid dienone is 4. The van der Waals surface area contributed by atoms with Gasteiger partial charge < -0.3 is 0 Å². The molecule has 0 N–H and O–H groups in total. The van der Waals surface area contributed by atoms with Crippen LogP contribution in [0.2, 0.25) is 0 Å². The third kappa shape index (κ3) is 1.84. The molecule has 15 heavy (non-hydrogen) atoms. The van der Waals surface area contributed by atoms with Gasteiger partial charge in [0.2, 0.25) is 0 Å². The Morgan fingerprint density at radius 3 is 2.07 bits per heavy atom. The van der Waals surface area contributed by atoms with Crippen LogP contribution in [0.1, 0.15) is 0 Å². The van der Waals surface area contributed by atoms with Crippen molar-refractivity contribution in [2.75, 3.05) is 0 Å². The van der Waals surface area contributed by atoms with Crippen LogP contribution in [0.25, 0.3) is 0 Å². The van der Waals surface area contributed by atoms with Crippen LogP contribution in [0.15, 0.2) is 60.9 Å². The zero-order chi connectivity index (χ0) is 10.1. The van der Waals surface area contributed by atoms with Crippen molar-refractivity contribution in [2.45, 2.75) is 0 Å². The van der Waals surface area contributed by atoms with Crippen LogP contribution in [-0.2, 0) is 0 Å². The molecule has 0 amide bonds. The average Bonchev–Trinajstić information content (AvgIpc) is 3.02. The van der Waals surface area contributed by atoms with Crippen LogP contribution in [0.3, 0.4) is 0 Å². The first kappa shape index (κ1) is 9.50. The zero-order valence-corrected chi connectivity index (χ0v) is 11.8. The summed E-state index contributed by atoms with van der Waals surface area (Å²) < 4.78 is 8.33. The number of furan rings is 1. The summed E-state index contributed by atoms with van der Waals surface area (Å²) in [6.45, 7) is 0. The molecule has 0 fully saturated rings. The van der Waals surface area contributed by atoms with Gasteiger partial charge in [-0.2, -0.15) is 0 Å². The zero-order valence-electron chi connectivity index (χ0n) is 8.08. The summed E-state index contributed by atoms with van der Waals surface area (Å²) in [7, 11) is 0. The van der Waals surface area contributed by atoms with Gasteiger partial charge in [0.1, 0.15) is 0 Å². The van der Waals surface area contributed by atoms with Crippen LogP contribution >= 0.6 is 0 Å². The minimum atomic E-state index is -1.08. The molecule has 3 rings (SSSR count). The van der Waals surface area contributed by atoms with E-state index in [-0.39, 0.29) is 0 Å². The Morgan fingerprint density at radius 2 is 1.40 bits per heavy atom. The fraction of sp³-hybridized carbons (Fsp3) is 0. The van der Waals surface area contributed by atoms with E-state index in [4.69, 9.17) is 4.42 Å². The monoisotopic (exact) mass is 332 g/mol. The molecule has 0 unspecified atom stereocenters. The van der Waals surface area contributed by atoms with Crippen LogP contribution in [0, 0.1) is 0 Å². The van der Waals surface area contributed by atoms with E-state index in [0.29, 0.717) is 0 Å². The van der Waals surface area contributed by atoms with Crippen molar-refractivity contribution in [1.29, 1.82) is 0 Å².